The van der Waals surface area contributed by atoms with Gasteiger partial charge in [-0.1, -0.05) is 0 Å². The molecule has 0 atom stereocenters. The minimum absolute atomic E-state index is 0.232. The van der Waals surface area contributed by atoms with Crippen LogP contribution in [-0.2, 0) is 6.54 Å². The number of nitrogens with zero attached hydrogens (tertiary/aromatic N) is 1. The Hall–Kier alpha value is -0.650. The predicted octanol–water partition coefficient (Wildman–Crippen LogP) is 3.51. The minimum atomic E-state index is -2.30. The largest absolute Gasteiger partial charge is 0.342 e. The maximum atomic E-state index is 12.2. The molecule has 4 heteroatoms. The molecule has 1 heterocycles. The minimum Gasteiger partial charge on any atom is -0.342 e. The molecule has 74 valence electrons. The molecular weight excluding hydrogens is 299 g/mol. The lowest BCUT2D eigenvalue weighted by Gasteiger charge is -2.03. The lowest BCUT2D eigenvalue weighted by Crippen LogP contribution is -2.04. The highest BCUT2D eigenvalue weighted by molar-refractivity contribution is 14.1. The second kappa shape index (κ2) is 3.84. The number of halogens is 3. The van der Waals surface area contributed by atoms with Crippen molar-refractivity contribution in [1.29, 1.82) is 0 Å². The van der Waals surface area contributed by atoms with Crippen molar-refractivity contribution in [3.63, 3.8) is 0 Å². The van der Waals surface area contributed by atoms with Crippen LogP contribution in [0.15, 0.2) is 30.5 Å². The van der Waals surface area contributed by atoms with Crippen LogP contribution in [0, 0.1) is 3.57 Å². The number of rotatable bonds is 2. The molecule has 0 N–H and O–H groups in total. The van der Waals surface area contributed by atoms with Gasteiger partial charge in [0.25, 0.3) is 6.43 Å². The van der Waals surface area contributed by atoms with Crippen LogP contribution in [0.5, 0.6) is 0 Å². The highest BCUT2D eigenvalue weighted by atomic mass is 127. The van der Waals surface area contributed by atoms with E-state index in [2.05, 4.69) is 22.6 Å². The quantitative estimate of drug-likeness (QED) is 0.748. The van der Waals surface area contributed by atoms with Crippen molar-refractivity contribution in [2.45, 2.75) is 13.0 Å². The van der Waals surface area contributed by atoms with E-state index in [0.717, 1.165) is 14.5 Å². The number of benzene rings is 1. The van der Waals surface area contributed by atoms with Gasteiger partial charge >= 0.3 is 0 Å². The summed E-state index contributed by atoms with van der Waals surface area (Å²) in [7, 11) is 0. The topological polar surface area (TPSA) is 4.93 Å². The Balaban J connectivity index is 2.47. The van der Waals surface area contributed by atoms with Gasteiger partial charge in [-0.2, -0.15) is 0 Å². The van der Waals surface area contributed by atoms with Crippen LogP contribution < -0.4 is 0 Å². The number of fused-ring (bicyclic) bond motifs is 1. The number of hydrogen-bond acceptors (Lipinski definition) is 0. The van der Waals surface area contributed by atoms with E-state index in [9.17, 15) is 8.78 Å². The molecule has 0 aliphatic heterocycles. The van der Waals surface area contributed by atoms with Gasteiger partial charge in [0.2, 0.25) is 0 Å². The van der Waals surface area contributed by atoms with Crippen LogP contribution >= 0.6 is 22.6 Å². The molecule has 0 fully saturated rings. The summed E-state index contributed by atoms with van der Waals surface area (Å²) < 4.78 is 27.1. The van der Waals surface area contributed by atoms with Crippen LogP contribution in [0.4, 0.5) is 8.78 Å². The van der Waals surface area contributed by atoms with Crippen molar-refractivity contribution < 1.29 is 8.78 Å². The SMILES string of the molecule is FC(F)Cn1ccc2cc(I)ccc21. The van der Waals surface area contributed by atoms with Crippen molar-refractivity contribution in [3.8, 4) is 0 Å². The standard InChI is InChI=1S/C10H8F2IN/c11-10(12)6-14-4-3-7-5-8(13)1-2-9(7)14/h1-5,10H,6H2. The third kappa shape index (κ3) is 1.89. The summed E-state index contributed by atoms with van der Waals surface area (Å²) in [5.41, 5.74) is 0.866. The molecule has 1 nitrogen and oxygen atoms in total. The molecule has 1 aromatic heterocycles. The van der Waals surface area contributed by atoms with Gasteiger partial charge in [0, 0.05) is 20.7 Å². The lowest BCUT2D eigenvalue weighted by molar-refractivity contribution is 0.128. The normalized spacial score (nSPS) is 11.4. The van der Waals surface area contributed by atoms with E-state index in [1.807, 2.05) is 24.3 Å². The Labute approximate surface area is 93.9 Å². The molecule has 0 unspecified atom stereocenters. The Kier molecular flexibility index (Phi) is 2.71. The molecule has 1 aromatic carbocycles. The van der Waals surface area contributed by atoms with E-state index in [1.54, 1.807) is 10.8 Å². The van der Waals surface area contributed by atoms with Gasteiger partial charge in [-0.05, 0) is 46.9 Å². The van der Waals surface area contributed by atoms with Gasteiger partial charge in [0.1, 0.15) is 0 Å². The molecule has 0 aliphatic rings. The van der Waals surface area contributed by atoms with Gasteiger partial charge in [-0.15, -0.1) is 0 Å². The molecule has 2 aromatic rings. The Morgan fingerprint density at radius 1 is 1.29 bits per heavy atom. The zero-order chi connectivity index (χ0) is 10.1. The summed E-state index contributed by atoms with van der Waals surface area (Å²) in [6, 6.07) is 7.64. The van der Waals surface area contributed by atoms with Gasteiger partial charge in [0.15, 0.2) is 0 Å². The first-order valence-corrected chi connectivity index (χ1v) is 5.27. The van der Waals surface area contributed by atoms with Crippen LogP contribution in [0.3, 0.4) is 0 Å². The third-order valence-corrected chi connectivity index (χ3v) is 2.74. The van der Waals surface area contributed by atoms with Gasteiger partial charge in [-0.3, -0.25) is 0 Å². The summed E-state index contributed by atoms with van der Waals surface area (Å²) in [5, 5.41) is 1.01. The van der Waals surface area contributed by atoms with Crippen LogP contribution in [-0.4, -0.2) is 11.0 Å². The molecule has 0 radical (unpaired) electrons. The van der Waals surface area contributed by atoms with E-state index in [4.69, 9.17) is 0 Å². The molecule has 0 amide bonds. The molecular formula is C10H8F2IN. The van der Waals surface area contributed by atoms with E-state index in [1.165, 1.54) is 0 Å². The molecule has 0 spiro atoms. The fourth-order valence-corrected chi connectivity index (χ4v) is 1.99. The van der Waals surface area contributed by atoms with Crippen LogP contribution in [0.2, 0.25) is 0 Å². The van der Waals surface area contributed by atoms with E-state index in [0.29, 0.717) is 0 Å². The number of alkyl halides is 2. The molecule has 14 heavy (non-hydrogen) atoms. The zero-order valence-corrected chi connectivity index (χ0v) is 9.41. The Bertz CT molecular complexity index is 450. The van der Waals surface area contributed by atoms with Gasteiger partial charge in [-0.25, -0.2) is 8.78 Å². The second-order valence-electron chi connectivity index (χ2n) is 3.06. The lowest BCUT2D eigenvalue weighted by atomic mass is 10.2. The average molecular weight is 307 g/mol. The Morgan fingerprint density at radius 2 is 2.07 bits per heavy atom. The van der Waals surface area contributed by atoms with Gasteiger partial charge < -0.3 is 4.57 Å². The maximum Gasteiger partial charge on any atom is 0.256 e. The predicted molar refractivity (Wildman–Crippen MR) is 60.7 cm³/mol. The third-order valence-electron chi connectivity index (χ3n) is 2.07. The summed E-state index contributed by atoms with van der Waals surface area (Å²) in [6.45, 7) is -0.232. The van der Waals surface area contributed by atoms with Gasteiger partial charge in [0.05, 0.1) is 6.54 Å². The zero-order valence-electron chi connectivity index (χ0n) is 7.25. The fraction of sp³-hybridized carbons (Fsp3) is 0.200. The number of hydrogen-bond donors (Lipinski definition) is 0. The van der Waals surface area contributed by atoms with Crippen molar-refractivity contribution >= 4 is 33.5 Å². The van der Waals surface area contributed by atoms with Crippen molar-refractivity contribution in [3.05, 3.63) is 34.0 Å². The summed E-state index contributed by atoms with van der Waals surface area (Å²) >= 11 is 2.21. The fourth-order valence-electron chi connectivity index (χ4n) is 1.48. The second-order valence-corrected chi connectivity index (χ2v) is 4.31. The van der Waals surface area contributed by atoms with Crippen molar-refractivity contribution in [2.24, 2.45) is 0 Å². The molecule has 0 aliphatic carbocycles. The first kappa shape index (κ1) is 9.89. The maximum absolute atomic E-state index is 12.2. The first-order chi connectivity index (χ1) is 6.66. The number of aromatic nitrogens is 1. The van der Waals surface area contributed by atoms with Crippen molar-refractivity contribution in [1.82, 2.24) is 4.57 Å². The molecule has 0 saturated heterocycles. The van der Waals surface area contributed by atoms with E-state index < -0.39 is 6.43 Å². The average Bonchev–Trinajstić information content (AvgIpc) is 2.47. The first-order valence-electron chi connectivity index (χ1n) is 4.19. The molecule has 0 saturated carbocycles. The summed E-state index contributed by atoms with van der Waals surface area (Å²) in [4.78, 5) is 0. The smallest absolute Gasteiger partial charge is 0.256 e. The highest BCUT2D eigenvalue weighted by Gasteiger charge is 2.06. The summed E-state index contributed by atoms with van der Waals surface area (Å²) in [5.74, 6) is 0. The van der Waals surface area contributed by atoms with Crippen LogP contribution in [0.1, 0.15) is 0 Å². The molecule has 2 rings (SSSR count). The summed E-state index contributed by atoms with van der Waals surface area (Å²) in [6.07, 6.45) is -0.600. The van der Waals surface area contributed by atoms with E-state index in [-0.39, 0.29) is 6.54 Å². The molecule has 0 bridgehead atoms. The van der Waals surface area contributed by atoms with E-state index >= 15 is 0 Å². The highest BCUT2D eigenvalue weighted by Crippen LogP contribution is 2.19. The Morgan fingerprint density at radius 3 is 2.79 bits per heavy atom. The van der Waals surface area contributed by atoms with Crippen molar-refractivity contribution in [2.75, 3.05) is 0 Å². The van der Waals surface area contributed by atoms with Crippen LogP contribution in [0.25, 0.3) is 10.9 Å². The monoisotopic (exact) mass is 307 g/mol.